The van der Waals surface area contributed by atoms with Crippen molar-refractivity contribution < 1.29 is 26.3 Å². The zero-order valence-corrected chi connectivity index (χ0v) is 19.3. The van der Waals surface area contributed by atoms with Crippen molar-refractivity contribution in [1.29, 1.82) is 0 Å². The van der Waals surface area contributed by atoms with Crippen molar-refractivity contribution in [2.45, 2.75) is 17.5 Å². The van der Waals surface area contributed by atoms with E-state index in [1.807, 2.05) is 0 Å². The van der Waals surface area contributed by atoms with Gasteiger partial charge in [0.05, 0.1) is 21.7 Å². The Hall–Kier alpha value is -3.10. The zero-order valence-electron chi connectivity index (χ0n) is 17.7. The molecule has 9 heteroatoms. The molecule has 0 saturated heterocycles. The average Bonchev–Trinajstić information content (AvgIpc) is 2.82. The lowest BCUT2D eigenvalue weighted by Gasteiger charge is -2.13. The number of benzene rings is 3. The number of hydrogen-bond acceptors (Lipinski definition) is 4. The van der Waals surface area contributed by atoms with E-state index in [1.54, 1.807) is 48.5 Å². The largest absolute Gasteiger partial charge is 0.457 e. The van der Waals surface area contributed by atoms with Gasteiger partial charge in [-0.25, -0.2) is 8.42 Å². The van der Waals surface area contributed by atoms with Crippen LogP contribution >= 0.6 is 11.6 Å². The first-order chi connectivity index (χ1) is 16.2. The molecule has 1 aromatic heterocycles. The summed E-state index contributed by atoms with van der Waals surface area (Å²) in [5.41, 5.74) is 0.272. The number of fused-ring (bicyclic) bond motifs is 1. The summed E-state index contributed by atoms with van der Waals surface area (Å²) in [5, 5.41) is 0.363. The second-order valence-corrected chi connectivity index (χ2v) is 10.0. The summed E-state index contributed by atoms with van der Waals surface area (Å²) in [6.45, 7) is 0. The molecule has 1 heterocycles. The molecule has 0 aliphatic carbocycles. The van der Waals surface area contributed by atoms with Crippen molar-refractivity contribution in [2.24, 2.45) is 0 Å². The van der Waals surface area contributed by atoms with Crippen molar-refractivity contribution >= 4 is 32.3 Å². The Kier molecular flexibility index (Phi) is 6.81. The monoisotopic (exact) mass is 505 g/mol. The van der Waals surface area contributed by atoms with Gasteiger partial charge in [-0.1, -0.05) is 30.3 Å². The summed E-state index contributed by atoms with van der Waals surface area (Å²) in [6, 6.07) is 18.6. The molecule has 0 aliphatic rings. The van der Waals surface area contributed by atoms with Crippen molar-refractivity contribution in [1.82, 2.24) is 4.98 Å². The molecule has 4 nitrogen and oxygen atoms in total. The summed E-state index contributed by atoms with van der Waals surface area (Å²) in [7, 11) is -3.49. The molecule has 0 bridgehead atoms. The van der Waals surface area contributed by atoms with Crippen LogP contribution in [0.1, 0.15) is 12.0 Å². The molecule has 3 aromatic carbocycles. The number of hydrogen-bond donors (Lipinski definition) is 0. The summed E-state index contributed by atoms with van der Waals surface area (Å²) >= 11 is 5.62. The van der Waals surface area contributed by atoms with E-state index >= 15 is 0 Å². The second-order valence-electron chi connectivity index (χ2n) is 7.52. The van der Waals surface area contributed by atoms with Crippen LogP contribution in [0.4, 0.5) is 13.2 Å². The van der Waals surface area contributed by atoms with E-state index in [0.717, 1.165) is 6.07 Å². The van der Waals surface area contributed by atoms with Crippen LogP contribution in [0.25, 0.3) is 22.0 Å². The molecule has 0 N–H and O–H groups in total. The van der Waals surface area contributed by atoms with Crippen LogP contribution < -0.4 is 4.74 Å². The van der Waals surface area contributed by atoms with E-state index in [4.69, 9.17) is 16.3 Å². The number of ether oxygens (including phenoxy) is 1. The van der Waals surface area contributed by atoms with Crippen molar-refractivity contribution in [3.8, 4) is 22.6 Å². The molecular formula is C25H19ClF3NO3S. The van der Waals surface area contributed by atoms with Crippen molar-refractivity contribution in [2.75, 3.05) is 11.6 Å². The minimum atomic E-state index is -4.52. The normalized spacial score (nSPS) is 12.1. The quantitative estimate of drug-likeness (QED) is 0.251. The van der Waals surface area contributed by atoms with Gasteiger partial charge in [-0.05, 0) is 60.0 Å². The van der Waals surface area contributed by atoms with E-state index in [9.17, 15) is 21.6 Å². The number of alkyl halides is 4. The number of sulfone groups is 1. The van der Waals surface area contributed by atoms with E-state index < -0.39 is 21.6 Å². The minimum absolute atomic E-state index is 0.0650. The fraction of sp³-hybridized carbons (Fsp3) is 0.160. The fourth-order valence-electron chi connectivity index (χ4n) is 3.61. The van der Waals surface area contributed by atoms with Gasteiger partial charge >= 0.3 is 6.18 Å². The number of para-hydroxylation sites is 1. The van der Waals surface area contributed by atoms with E-state index in [1.165, 1.54) is 24.4 Å². The fourth-order valence-corrected chi connectivity index (χ4v) is 5.25. The Morgan fingerprint density at radius 2 is 1.62 bits per heavy atom. The van der Waals surface area contributed by atoms with Crippen LogP contribution in [0, 0.1) is 0 Å². The smallest absolute Gasteiger partial charge is 0.418 e. The summed E-state index contributed by atoms with van der Waals surface area (Å²) in [4.78, 5) is 4.09. The van der Waals surface area contributed by atoms with Crippen LogP contribution in [-0.4, -0.2) is 25.0 Å². The van der Waals surface area contributed by atoms with Gasteiger partial charge in [0.2, 0.25) is 0 Å². The molecule has 176 valence electrons. The maximum Gasteiger partial charge on any atom is 0.418 e. The molecule has 0 radical (unpaired) electrons. The van der Waals surface area contributed by atoms with Crippen LogP contribution in [-0.2, 0) is 16.0 Å². The molecule has 4 rings (SSSR count). The molecule has 0 fully saturated rings. The Balaban J connectivity index is 1.68. The predicted molar refractivity (Wildman–Crippen MR) is 126 cm³/mol. The highest BCUT2D eigenvalue weighted by Gasteiger charge is 2.33. The van der Waals surface area contributed by atoms with E-state index in [0.29, 0.717) is 34.4 Å². The van der Waals surface area contributed by atoms with Gasteiger partial charge in [0, 0.05) is 17.5 Å². The van der Waals surface area contributed by atoms with E-state index in [-0.39, 0.29) is 22.0 Å². The van der Waals surface area contributed by atoms with E-state index in [2.05, 4.69) is 4.98 Å². The first kappa shape index (κ1) is 24.0. The Morgan fingerprint density at radius 3 is 2.35 bits per heavy atom. The maximum atomic E-state index is 13.4. The van der Waals surface area contributed by atoms with Gasteiger partial charge in [-0.3, -0.25) is 4.98 Å². The van der Waals surface area contributed by atoms with Crippen molar-refractivity contribution in [3.63, 3.8) is 0 Å². The van der Waals surface area contributed by atoms with Gasteiger partial charge in [0.1, 0.15) is 11.5 Å². The van der Waals surface area contributed by atoms with Crippen LogP contribution in [0.2, 0.25) is 0 Å². The Bertz CT molecular complexity index is 1440. The lowest BCUT2D eigenvalue weighted by atomic mass is 9.99. The highest BCUT2D eigenvalue weighted by molar-refractivity contribution is 7.91. The van der Waals surface area contributed by atoms with Crippen molar-refractivity contribution in [3.05, 3.63) is 84.6 Å². The zero-order chi connectivity index (χ0) is 24.3. The summed E-state index contributed by atoms with van der Waals surface area (Å²) in [6.07, 6.45) is -2.84. The molecular weight excluding hydrogens is 487 g/mol. The molecule has 0 spiro atoms. The first-order valence-corrected chi connectivity index (χ1v) is 12.5. The average molecular weight is 506 g/mol. The first-order valence-electron chi connectivity index (χ1n) is 10.3. The lowest BCUT2D eigenvalue weighted by molar-refractivity contribution is -0.136. The number of pyridine rings is 1. The van der Waals surface area contributed by atoms with Gasteiger partial charge in [-0.2, -0.15) is 13.2 Å². The van der Waals surface area contributed by atoms with Gasteiger partial charge in [-0.15, -0.1) is 11.6 Å². The highest BCUT2D eigenvalue weighted by atomic mass is 35.5. The van der Waals surface area contributed by atoms with Gasteiger partial charge in [0.25, 0.3) is 0 Å². The second kappa shape index (κ2) is 9.64. The SMILES string of the molecule is O=S(=O)(CCCCl)c1cccc(Oc2cccc(-c3ccnc4c(C(F)(F)F)cccc34)c2)c1. The van der Waals surface area contributed by atoms with Gasteiger partial charge < -0.3 is 4.74 Å². The highest BCUT2D eigenvalue weighted by Crippen LogP contribution is 2.37. The number of halogens is 4. The third-order valence-corrected chi connectivity index (χ3v) is 7.23. The molecule has 0 unspecified atom stereocenters. The number of rotatable bonds is 7. The van der Waals surface area contributed by atoms with Crippen LogP contribution in [0.5, 0.6) is 11.5 Å². The Morgan fingerprint density at radius 1 is 0.912 bits per heavy atom. The van der Waals surface area contributed by atoms with Crippen LogP contribution in [0.15, 0.2) is 83.9 Å². The maximum absolute atomic E-state index is 13.4. The molecule has 0 atom stereocenters. The molecule has 0 amide bonds. The summed E-state index contributed by atoms with van der Waals surface area (Å²) < 4.78 is 71.1. The predicted octanol–water partition coefficient (Wildman–Crippen LogP) is 7.12. The Labute approximate surface area is 199 Å². The van der Waals surface area contributed by atoms with Gasteiger partial charge in [0.15, 0.2) is 9.84 Å². The molecule has 4 aromatic rings. The molecule has 34 heavy (non-hydrogen) atoms. The topological polar surface area (TPSA) is 56.3 Å². The molecule has 0 aliphatic heterocycles. The number of nitrogens with zero attached hydrogens (tertiary/aromatic N) is 1. The third-order valence-electron chi connectivity index (χ3n) is 5.17. The number of aromatic nitrogens is 1. The molecule has 0 saturated carbocycles. The van der Waals surface area contributed by atoms with Crippen LogP contribution in [0.3, 0.4) is 0 Å². The third kappa shape index (κ3) is 5.18. The lowest BCUT2D eigenvalue weighted by Crippen LogP contribution is -2.07. The standard InChI is InChI=1S/C25H19ClF3NO3S/c26-12-4-14-34(31,32)20-8-2-7-19(16-20)33-18-6-1-5-17(15-18)21-11-13-30-24-22(21)9-3-10-23(24)25(27,28)29/h1-3,5-11,13,15-16H,4,12,14H2. The summed E-state index contributed by atoms with van der Waals surface area (Å²) in [5.74, 6) is 0.911. The minimum Gasteiger partial charge on any atom is -0.457 e.